The molecule has 0 radical (unpaired) electrons. The highest BCUT2D eigenvalue weighted by atomic mass is 32.2. The molecule has 0 aliphatic carbocycles. The summed E-state index contributed by atoms with van der Waals surface area (Å²) >= 11 is 1.40. The molecule has 2 aromatic carbocycles. The summed E-state index contributed by atoms with van der Waals surface area (Å²) in [6.45, 7) is 4.67. The fourth-order valence-electron chi connectivity index (χ4n) is 4.13. The molecule has 1 aromatic heterocycles. The number of rotatable bonds is 8. The number of sulfonamides is 1. The molecule has 0 saturated carbocycles. The topological polar surface area (TPSA) is 90.2 Å². The number of hydrogen-bond donors (Lipinski definition) is 0. The van der Waals surface area contributed by atoms with E-state index in [9.17, 15) is 13.2 Å². The van der Waals surface area contributed by atoms with E-state index in [4.69, 9.17) is 9.47 Å². The van der Waals surface area contributed by atoms with E-state index in [1.807, 2.05) is 29.7 Å². The molecule has 3 aromatic rings. The fraction of sp³-hybridized carbons (Fsp3) is 0.440. The van der Waals surface area contributed by atoms with Crippen LogP contribution in [0.25, 0.3) is 10.2 Å². The quantitative estimate of drug-likeness (QED) is 0.421. The molecule has 35 heavy (non-hydrogen) atoms. The van der Waals surface area contributed by atoms with Gasteiger partial charge in [0.15, 0.2) is 4.80 Å². The third kappa shape index (κ3) is 5.83. The van der Waals surface area contributed by atoms with Gasteiger partial charge in [-0.2, -0.15) is 9.30 Å². The minimum absolute atomic E-state index is 0.205. The molecule has 10 heteroatoms. The van der Waals surface area contributed by atoms with Gasteiger partial charge < -0.3 is 14.0 Å². The molecule has 1 aliphatic rings. The lowest BCUT2D eigenvalue weighted by Crippen LogP contribution is -2.31. The summed E-state index contributed by atoms with van der Waals surface area (Å²) in [6.07, 6.45) is 3.85. The minimum Gasteiger partial charge on any atom is -0.497 e. The zero-order valence-corrected chi connectivity index (χ0v) is 21.7. The number of methoxy groups -OCH3 is 1. The summed E-state index contributed by atoms with van der Waals surface area (Å²) in [5.74, 6) is 0.308. The lowest BCUT2D eigenvalue weighted by atomic mass is 10.2. The van der Waals surface area contributed by atoms with Crippen LogP contribution >= 0.6 is 11.3 Å². The van der Waals surface area contributed by atoms with E-state index < -0.39 is 15.9 Å². The molecule has 1 fully saturated rings. The Labute approximate surface area is 209 Å². The first kappa shape index (κ1) is 25.6. The Morgan fingerprint density at radius 3 is 2.43 bits per heavy atom. The number of carbonyl (C=O) groups excluding carboxylic acids is 1. The van der Waals surface area contributed by atoms with Crippen LogP contribution in [0.4, 0.5) is 0 Å². The second-order valence-corrected chi connectivity index (χ2v) is 11.3. The number of thiazole rings is 1. The summed E-state index contributed by atoms with van der Waals surface area (Å²) in [5, 5.41) is 0. The van der Waals surface area contributed by atoms with E-state index in [0.29, 0.717) is 43.2 Å². The fourth-order valence-corrected chi connectivity index (χ4v) is 6.73. The lowest BCUT2D eigenvalue weighted by Gasteiger charge is -2.19. The standard InChI is InChI=1S/C25H31N3O5S2/c1-3-33-17-16-28-22-13-10-20(32-2)18-23(22)34-25(28)26-24(29)19-8-11-21(12-9-19)35(30,31)27-14-6-4-5-7-15-27/h8-13,18H,3-7,14-17H2,1-2H3. The van der Waals surface area contributed by atoms with E-state index in [-0.39, 0.29) is 4.90 Å². The van der Waals surface area contributed by atoms with Gasteiger partial charge in [-0.05, 0) is 62.2 Å². The Morgan fingerprint density at radius 2 is 1.77 bits per heavy atom. The molecular weight excluding hydrogens is 486 g/mol. The number of hydrogen-bond acceptors (Lipinski definition) is 6. The molecule has 188 valence electrons. The predicted octanol–water partition coefficient (Wildman–Crippen LogP) is 4.05. The van der Waals surface area contributed by atoms with Gasteiger partial charge in [0.25, 0.3) is 5.91 Å². The molecule has 0 N–H and O–H groups in total. The van der Waals surface area contributed by atoms with Gasteiger partial charge in [0.1, 0.15) is 5.75 Å². The van der Waals surface area contributed by atoms with Crippen molar-refractivity contribution in [2.45, 2.75) is 44.0 Å². The van der Waals surface area contributed by atoms with Gasteiger partial charge in [-0.15, -0.1) is 0 Å². The summed E-state index contributed by atoms with van der Waals surface area (Å²) in [6, 6.07) is 11.8. The van der Waals surface area contributed by atoms with Crippen LogP contribution in [0.2, 0.25) is 0 Å². The van der Waals surface area contributed by atoms with Gasteiger partial charge in [-0.25, -0.2) is 8.42 Å². The Hall–Kier alpha value is -2.53. The maximum atomic E-state index is 13.0. The van der Waals surface area contributed by atoms with Crippen molar-refractivity contribution in [1.82, 2.24) is 8.87 Å². The lowest BCUT2D eigenvalue weighted by molar-refractivity contribution is 0.0996. The van der Waals surface area contributed by atoms with Crippen LogP contribution in [0.15, 0.2) is 52.4 Å². The van der Waals surface area contributed by atoms with Crippen molar-refractivity contribution < 1.29 is 22.7 Å². The average Bonchev–Trinajstić information content (AvgIpc) is 3.02. The Bertz CT molecular complexity index is 1340. The number of fused-ring (bicyclic) bond motifs is 1. The van der Waals surface area contributed by atoms with E-state index in [0.717, 1.165) is 41.6 Å². The highest BCUT2D eigenvalue weighted by Gasteiger charge is 2.25. The van der Waals surface area contributed by atoms with Crippen molar-refractivity contribution in [3.8, 4) is 5.75 Å². The van der Waals surface area contributed by atoms with Crippen molar-refractivity contribution in [1.29, 1.82) is 0 Å². The smallest absolute Gasteiger partial charge is 0.279 e. The first-order valence-electron chi connectivity index (χ1n) is 11.9. The molecule has 8 nitrogen and oxygen atoms in total. The van der Waals surface area contributed by atoms with E-state index >= 15 is 0 Å². The minimum atomic E-state index is -3.57. The summed E-state index contributed by atoms with van der Waals surface area (Å²) in [5.41, 5.74) is 1.28. The number of nitrogens with zero attached hydrogens (tertiary/aromatic N) is 3. The van der Waals surface area contributed by atoms with Crippen molar-refractivity contribution in [3.05, 3.63) is 52.8 Å². The molecule has 0 spiro atoms. The predicted molar refractivity (Wildman–Crippen MR) is 136 cm³/mol. The van der Waals surface area contributed by atoms with Gasteiger partial charge >= 0.3 is 0 Å². The van der Waals surface area contributed by atoms with Crippen LogP contribution in [0.3, 0.4) is 0 Å². The zero-order valence-electron chi connectivity index (χ0n) is 20.1. The van der Waals surface area contributed by atoms with Crippen molar-refractivity contribution in [2.75, 3.05) is 33.4 Å². The Balaban J connectivity index is 1.63. The molecule has 0 atom stereocenters. The van der Waals surface area contributed by atoms with Crippen molar-refractivity contribution in [3.63, 3.8) is 0 Å². The summed E-state index contributed by atoms with van der Waals surface area (Å²) < 4.78 is 41.4. The monoisotopic (exact) mass is 517 g/mol. The van der Waals surface area contributed by atoms with Crippen LogP contribution in [0.1, 0.15) is 43.0 Å². The van der Waals surface area contributed by atoms with Crippen LogP contribution in [-0.4, -0.2) is 56.6 Å². The second kappa shape index (κ2) is 11.5. The van der Waals surface area contributed by atoms with E-state index in [1.165, 1.54) is 35.6 Å². The van der Waals surface area contributed by atoms with Crippen molar-refractivity contribution >= 4 is 37.5 Å². The zero-order chi connectivity index (χ0) is 24.8. The number of benzene rings is 2. The Kier molecular flexibility index (Phi) is 8.38. The number of amides is 1. The van der Waals surface area contributed by atoms with Crippen LogP contribution < -0.4 is 9.54 Å². The third-order valence-electron chi connectivity index (χ3n) is 6.05. The maximum Gasteiger partial charge on any atom is 0.279 e. The van der Waals surface area contributed by atoms with E-state index in [1.54, 1.807) is 11.4 Å². The molecule has 1 aliphatic heterocycles. The molecule has 1 saturated heterocycles. The number of aromatic nitrogens is 1. The van der Waals surface area contributed by atoms with Crippen LogP contribution in [0.5, 0.6) is 5.75 Å². The molecule has 0 bridgehead atoms. The first-order valence-corrected chi connectivity index (χ1v) is 14.1. The van der Waals surface area contributed by atoms with Gasteiger partial charge in [-0.1, -0.05) is 24.2 Å². The largest absolute Gasteiger partial charge is 0.497 e. The molecule has 4 rings (SSSR count). The van der Waals surface area contributed by atoms with Crippen LogP contribution in [-0.2, 0) is 21.3 Å². The highest BCUT2D eigenvalue weighted by molar-refractivity contribution is 7.89. The van der Waals surface area contributed by atoms with Crippen molar-refractivity contribution in [2.24, 2.45) is 4.99 Å². The molecule has 1 amide bonds. The Morgan fingerprint density at radius 1 is 1.06 bits per heavy atom. The third-order valence-corrected chi connectivity index (χ3v) is 9.01. The van der Waals surface area contributed by atoms with E-state index in [2.05, 4.69) is 4.99 Å². The maximum absolute atomic E-state index is 13.0. The second-order valence-electron chi connectivity index (χ2n) is 8.33. The average molecular weight is 518 g/mol. The summed E-state index contributed by atoms with van der Waals surface area (Å²) in [4.78, 5) is 18.2. The van der Waals surface area contributed by atoms with Gasteiger partial charge in [0, 0.05) is 31.8 Å². The number of ether oxygens (including phenoxy) is 2. The first-order chi connectivity index (χ1) is 16.9. The molecule has 0 unspecified atom stereocenters. The normalized spacial score (nSPS) is 15.9. The van der Waals surface area contributed by atoms with Crippen LogP contribution in [0, 0.1) is 0 Å². The van der Waals surface area contributed by atoms with Gasteiger partial charge in [0.05, 0.1) is 28.8 Å². The number of carbonyl (C=O) groups is 1. The summed E-state index contributed by atoms with van der Waals surface area (Å²) in [7, 11) is -1.95. The highest BCUT2D eigenvalue weighted by Crippen LogP contribution is 2.24. The molecular formula is C25H31N3O5S2. The van der Waals surface area contributed by atoms with Gasteiger partial charge in [0.2, 0.25) is 10.0 Å². The SMILES string of the molecule is CCOCCn1c(=NC(=O)c2ccc(S(=O)(=O)N3CCCCCC3)cc2)sc2cc(OC)ccc21. The molecule has 2 heterocycles. The van der Waals surface area contributed by atoms with Gasteiger partial charge in [-0.3, -0.25) is 4.79 Å².